The van der Waals surface area contributed by atoms with Crippen LogP contribution in [0.15, 0.2) is 96.5 Å². The molecule has 0 nitrogen and oxygen atoms in total. The summed E-state index contributed by atoms with van der Waals surface area (Å²) in [6.07, 6.45) is 2.07. The smallest absolute Gasteiger partial charge is 0.0127 e. The number of rotatable bonds is 5. The van der Waals surface area contributed by atoms with Crippen LogP contribution in [0, 0.1) is 0 Å². The standard InChI is InChI=1S/C24H23P/c1-20(2)25(19-9-12-21-10-5-3-6-11-21)24-17-15-23(16-18-24)22-13-7-4-8-14-22/h3-8,10-20H,1-2H3. The average molecular weight is 342 g/mol. The molecule has 0 N–H and O–H groups in total. The van der Waals surface area contributed by atoms with E-state index in [1.807, 2.05) is 6.07 Å². The third-order valence-electron chi connectivity index (χ3n) is 4.09. The fourth-order valence-corrected chi connectivity index (χ4v) is 4.51. The lowest BCUT2D eigenvalue weighted by molar-refractivity contribution is 1.10. The molecule has 0 saturated heterocycles. The van der Waals surface area contributed by atoms with Crippen LogP contribution in [0.3, 0.4) is 0 Å². The number of benzene rings is 3. The van der Waals surface area contributed by atoms with Gasteiger partial charge in [0.05, 0.1) is 0 Å². The molecule has 124 valence electrons. The van der Waals surface area contributed by atoms with Crippen LogP contribution < -0.4 is 5.30 Å². The van der Waals surface area contributed by atoms with Crippen molar-refractivity contribution < 1.29 is 0 Å². The van der Waals surface area contributed by atoms with Gasteiger partial charge in [0.1, 0.15) is 0 Å². The molecule has 1 atom stereocenters. The van der Waals surface area contributed by atoms with Gasteiger partial charge in [0.15, 0.2) is 0 Å². The van der Waals surface area contributed by atoms with E-state index in [1.165, 1.54) is 22.0 Å². The second kappa shape index (κ2) is 8.63. The van der Waals surface area contributed by atoms with Gasteiger partial charge in [0, 0.05) is 0 Å². The third kappa shape index (κ3) is 4.80. The molecule has 0 aliphatic heterocycles. The van der Waals surface area contributed by atoms with Crippen molar-refractivity contribution in [3.63, 3.8) is 0 Å². The van der Waals surface area contributed by atoms with Crippen LogP contribution >= 0.6 is 7.92 Å². The third-order valence-corrected chi connectivity index (χ3v) is 6.53. The Labute approximate surface area is 152 Å². The first-order valence-corrected chi connectivity index (χ1v) is 10.1. The van der Waals surface area contributed by atoms with E-state index in [4.69, 9.17) is 0 Å². The molecule has 0 aliphatic carbocycles. The Balaban J connectivity index is 1.82. The molecule has 0 amide bonds. The zero-order chi connectivity index (χ0) is 17.5. The summed E-state index contributed by atoms with van der Waals surface area (Å²) in [6, 6.07) is 29.9. The van der Waals surface area contributed by atoms with Crippen LogP contribution in [0.4, 0.5) is 0 Å². The Morgan fingerprint density at radius 2 is 1.28 bits per heavy atom. The Morgan fingerprint density at radius 3 is 1.88 bits per heavy atom. The van der Waals surface area contributed by atoms with Crippen molar-refractivity contribution in [1.29, 1.82) is 0 Å². The van der Waals surface area contributed by atoms with E-state index in [1.54, 1.807) is 0 Å². The zero-order valence-corrected chi connectivity index (χ0v) is 15.7. The van der Waals surface area contributed by atoms with Crippen molar-refractivity contribution in [2.75, 3.05) is 0 Å². The maximum atomic E-state index is 3.41. The molecule has 0 saturated carbocycles. The van der Waals surface area contributed by atoms with Crippen LogP contribution in [-0.2, 0) is 0 Å². The summed E-state index contributed by atoms with van der Waals surface area (Å²) in [4.78, 5) is 0. The predicted molar refractivity (Wildman–Crippen MR) is 113 cm³/mol. The highest BCUT2D eigenvalue weighted by Gasteiger charge is 2.12. The van der Waals surface area contributed by atoms with Crippen molar-refractivity contribution in [1.82, 2.24) is 0 Å². The lowest BCUT2D eigenvalue weighted by atomic mass is 10.1. The van der Waals surface area contributed by atoms with Crippen molar-refractivity contribution >= 4 is 19.3 Å². The Morgan fingerprint density at radius 1 is 0.720 bits per heavy atom. The molecule has 0 radical (unpaired) electrons. The van der Waals surface area contributed by atoms with E-state index in [0.29, 0.717) is 5.66 Å². The summed E-state index contributed by atoms with van der Waals surface area (Å²) >= 11 is 0. The second-order valence-corrected chi connectivity index (χ2v) is 8.89. The average Bonchev–Trinajstić information content (AvgIpc) is 2.67. The quantitative estimate of drug-likeness (QED) is 0.358. The SMILES string of the molecule is CC(C)P(C=C=Cc1ccccc1)c1ccc(-c2ccccc2)cc1. The van der Waals surface area contributed by atoms with Gasteiger partial charge in [-0.2, -0.15) is 0 Å². The molecule has 3 aromatic rings. The molecule has 0 heterocycles. The molecule has 0 aliphatic rings. The molecule has 3 aromatic carbocycles. The molecule has 0 spiro atoms. The van der Waals surface area contributed by atoms with E-state index in [2.05, 4.69) is 110 Å². The zero-order valence-electron chi connectivity index (χ0n) is 14.8. The van der Waals surface area contributed by atoms with E-state index < -0.39 is 0 Å². The molecule has 1 heteroatoms. The van der Waals surface area contributed by atoms with E-state index >= 15 is 0 Å². The highest BCUT2D eigenvalue weighted by molar-refractivity contribution is 7.69. The first-order chi connectivity index (χ1) is 12.2. The fraction of sp³-hybridized carbons (Fsp3) is 0.125. The molecule has 1 unspecified atom stereocenters. The minimum absolute atomic E-state index is 0.360. The topological polar surface area (TPSA) is 0 Å². The van der Waals surface area contributed by atoms with Crippen LogP contribution in [0.25, 0.3) is 17.2 Å². The van der Waals surface area contributed by atoms with Gasteiger partial charge < -0.3 is 0 Å². The first-order valence-electron chi connectivity index (χ1n) is 8.65. The van der Waals surface area contributed by atoms with Crippen molar-refractivity contribution in [2.24, 2.45) is 0 Å². The first kappa shape index (κ1) is 17.4. The Kier molecular flexibility index (Phi) is 6.02. The van der Waals surface area contributed by atoms with Gasteiger partial charge in [0.2, 0.25) is 0 Å². The summed E-state index contributed by atoms with van der Waals surface area (Å²) in [6.45, 7) is 4.58. The second-order valence-electron chi connectivity index (χ2n) is 6.26. The Bertz CT molecular complexity index is 840. The molecule has 0 fully saturated rings. The molecule has 3 rings (SSSR count). The summed E-state index contributed by atoms with van der Waals surface area (Å²) in [5.41, 5.74) is 7.73. The largest absolute Gasteiger partial charge is 0.119 e. The summed E-state index contributed by atoms with van der Waals surface area (Å²) in [5.74, 6) is 2.25. The normalized spacial score (nSPS) is 11.6. The van der Waals surface area contributed by atoms with Gasteiger partial charge in [0.25, 0.3) is 0 Å². The van der Waals surface area contributed by atoms with Crippen molar-refractivity contribution in [3.05, 3.63) is 102 Å². The Hall–Kier alpha value is -2.39. The highest BCUT2D eigenvalue weighted by atomic mass is 31.1. The molecular formula is C24H23P. The van der Waals surface area contributed by atoms with Gasteiger partial charge in [-0.3, -0.25) is 0 Å². The minimum Gasteiger partial charge on any atom is -0.119 e. The lowest BCUT2D eigenvalue weighted by Crippen LogP contribution is -2.05. The van der Waals surface area contributed by atoms with Crippen LogP contribution in [0.2, 0.25) is 0 Å². The van der Waals surface area contributed by atoms with Gasteiger partial charge in [-0.05, 0) is 47.5 Å². The van der Waals surface area contributed by atoms with Gasteiger partial charge in [-0.15, -0.1) is 5.73 Å². The van der Waals surface area contributed by atoms with Gasteiger partial charge in [-0.25, -0.2) is 0 Å². The fourth-order valence-electron chi connectivity index (χ4n) is 2.74. The lowest BCUT2D eigenvalue weighted by Gasteiger charge is -2.17. The molecule has 25 heavy (non-hydrogen) atoms. The maximum absolute atomic E-state index is 3.41. The highest BCUT2D eigenvalue weighted by Crippen LogP contribution is 2.41. The molecule has 0 bridgehead atoms. The van der Waals surface area contributed by atoms with Crippen LogP contribution in [0.1, 0.15) is 19.4 Å². The van der Waals surface area contributed by atoms with Gasteiger partial charge in [-0.1, -0.05) is 98.8 Å². The minimum atomic E-state index is -0.360. The predicted octanol–water partition coefficient (Wildman–Crippen LogP) is 6.70. The summed E-state index contributed by atoms with van der Waals surface area (Å²) in [5, 5.41) is 1.40. The molecular weight excluding hydrogens is 319 g/mol. The van der Waals surface area contributed by atoms with E-state index in [-0.39, 0.29) is 7.92 Å². The van der Waals surface area contributed by atoms with Gasteiger partial charge >= 0.3 is 0 Å². The van der Waals surface area contributed by atoms with Crippen molar-refractivity contribution in [3.8, 4) is 11.1 Å². The van der Waals surface area contributed by atoms with Crippen molar-refractivity contribution in [2.45, 2.75) is 19.5 Å². The van der Waals surface area contributed by atoms with Crippen LogP contribution in [0.5, 0.6) is 0 Å². The summed E-state index contributed by atoms with van der Waals surface area (Å²) in [7, 11) is -0.360. The van der Waals surface area contributed by atoms with E-state index in [9.17, 15) is 0 Å². The molecule has 0 aromatic heterocycles. The monoisotopic (exact) mass is 342 g/mol. The number of hydrogen-bond donors (Lipinski definition) is 0. The number of hydrogen-bond acceptors (Lipinski definition) is 0. The van der Waals surface area contributed by atoms with Crippen LogP contribution in [-0.4, -0.2) is 5.66 Å². The maximum Gasteiger partial charge on any atom is -0.0127 e. The van der Waals surface area contributed by atoms with E-state index in [0.717, 1.165) is 0 Å². The summed E-state index contributed by atoms with van der Waals surface area (Å²) < 4.78 is 0.